The van der Waals surface area contributed by atoms with Crippen LogP contribution in [0, 0.1) is 0 Å². The van der Waals surface area contributed by atoms with E-state index in [0.29, 0.717) is 16.1 Å². The highest BCUT2D eigenvalue weighted by Gasteiger charge is 2.38. The van der Waals surface area contributed by atoms with Crippen LogP contribution in [0.25, 0.3) is 11.1 Å². The Hall–Kier alpha value is -1.14. The van der Waals surface area contributed by atoms with E-state index in [4.69, 9.17) is 0 Å². The number of rotatable bonds is 3. The van der Waals surface area contributed by atoms with Crippen LogP contribution in [0.2, 0.25) is 0 Å². The largest absolute Gasteiger partial charge is 0.426 e. The van der Waals surface area contributed by atoms with Gasteiger partial charge >= 0.3 is 6.18 Å². The highest BCUT2D eigenvalue weighted by atomic mass is 32.1. The molecule has 1 aromatic heterocycles. The second-order valence-corrected chi connectivity index (χ2v) is 5.30. The van der Waals surface area contributed by atoms with Crippen molar-refractivity contribution in [3.8, 4) is 11.1 Å². The molecule has 0 unspecified atom stereocenters. The molecular formula is C13H12F3NS2. The number of thiophene rings is 1. The molecule has 0 aliphatic carbocycles. The molecule has 1 aromatic carbocycles. The molecule has 102 valence electrons. The molecule has 0 bridgehead atoms. The van der Waals surface area contributed by atoms with Gasteiger partial charge in [-0.3, -0.25) is 0 Å². The van der Waals surface area contributed by atoms with Crippen LogP contribution in [-0.2, 0) is 11.9 Å². The van der Waals surface area contributed by atoms with E-state index in [2.05, 4.69) is 17.9 Å². The number of benzene rings is 1. The molecule has 0 aliphatic rings. The molecule has 0 spiro atoms. The van der Waals surface area contributed by atoms with Gasteiger partial charge in [0.1, 0.15) is 4.88 Å². The molecule has 6 heteroatoms. The Morgan fingerprint density at radius 1 is 1.21 bits per heavy atom. The lowest BCUT2D eigenvalue weighted by Gasteiger charge is -2.10. The summed E-state index contributed by atoms with van der Waals surface area (Å²) in [7, 11) is 1.63. The molecule has 0 radical (unpaired) electrons. The van der Waals surface area contributed by atoms with Crippen LogP contribution >= 0.6 is 24.0 Å². The lowest BCUT2D eigenvalue weighted by atomic mass is 10.0. The molecule has 2 rings (SSSR count). The third-order valence-electron chi connectivity index (χ3n) is 2.69. The van der Waals surface area contributed by atoms with E-state index in [1.165, 1.54) is 0 Å². The highest BCUT2D eigenvalue weighted by Crippen LogP contribution is 2.48. The third kappa shape index (κ3) is 2.74. The monoisotopic (exact) mass is 303 g/mol. The van der Waals surface area contributed by atoms with Gasteiger partial charge in [-0.1, -0.05) is 30.3 Å². The van der Waals surface area contributed by atoms with Crippen LogP contribution in [0.4, 0.5) is 18.9 Å². The maximum absolute atomic E-state index is 13.2. The lowest BCUT2D eigenvalue weighted by molar-refractivity contribution is -0.133. The second-order valence-electron chi connectivity index (χ2n) is 3.88. The molecule has 0 saturated carbocycles. The number of nitrogens with one attached hydrogen (secondary N) is 1. The molecule has 1 nitrogen and oxygen atoms in total. The first-order valence-corrected chi connectivity index (χ1v) is 7.00. The molecule has 2 aromatic rings. The Labute approximate surface area is 118 Å². The molecule has 0 amide bonds. The predicted molar refractivity (Wildman–Crippen MR) is 77.0 cm³/mol. The lowest BCUT2D eigenvalue weighted by Crippen LogP contribution is -2.04. The van der Waals surface area contributed by atoms with Crippen molar-refractivity contribution in [3.63, 3.8) is 0 Å². The molecule has 0 aliphatic heterocycles. The smallest absolute Gasteiger partial charge is 0.387 e. The average molecular weight is 303 g/mol. The van der Waals surface area contributed by atoms with Crippen molar-refractivity contribution < 1.29 is 13.2 Å². The van der Waals surface area contributed by atoms with Crippen molar-refractivity contribution in [3.05, 3.63) is 40.1 Å². The standard InChI is InChI=1S/C13H12F3NS2/c1-17-11-9(7-18)19-12(13(14,15)16)10(11)8-5-3-2-4-6-8/h2-6,17-18H,7H2,1H3. The molecule has 0 saturated heterocycles. The maximum Gasteiger partial charge on any atom is 0.426 e. The van der Waals surface area contributed by atoms with Crippen molar-refractivity contribution in [1.82, 2.24) is 0 Å². The molecular weight excluding hydrogens is 291 g/mol. The maximum atomic E-state index is 13.2. The van der Waals surface area contributed by atoms with Gasteiger partial charge in [0.2, 0.25) is 0 Å². The summed E-state index contributed by atoms with van der Waals surface area (Å²) >= 11 is 4.85. The SMILES string of the molecule is CNc1c(CS)sc(C(F)(F)F)c1-c1ccccc1. The van der Waals surface area contributed by atoms with E-state index in [0.717, 1.165) is 11.3 Å². The zero-order valence-corrected chi connectivity index (χ0v) is 11.8. The first-order valence-electron chi connectivity index (χ1n) is 5.56. The number of alkyl halides is 3. The zero-order chi connectivity index (χ0) is 14.0. The van der Waals surface area contributed by atoms with Crippen LogP contribution in [0.1, 0.15) is 9.75 Å². The minimum atomic E-state index is -4.36. The first-order chi connectivity index (χ1) is 8.99. The van der Waals surface area contributed by atoms with Crippen LogP contribution in [0.15, 0.2) is 30.3 Å². The van der Waals surface area contributed by atoms with Crippen molar-refractivity contribution >= 4 is 29.7 Å². The second kappa shape index (κ2) is 5.46. The number of thiol groups is 1. The van der Waals surface area contributed by atoms with Gasteiger partial charge in [-0.05, 0) is 5.56 Å². The summed E-state index contributed by atoms with van der Waals surface area (Å²) in [5, 5.41) is 2.87. The van der Waals surface area contributed by atoms with Gasteiger partial charge in [0.25, 0.3) is 0 Å². The minimum absolute atomic E-state index is 0.213. The van der Waals surface area contributed by atoms with E-state index in [1.54, 1.807) is 37.4 Å². The van der Waals surface area contributed by atoms with Crippen LogP contribution < -0.4 is 5.32 Å². The average Bonchev–Trinajstić information content (AvgIpc) is 2.78. The van der Waals surface area contributed by atoms with E-state index in [9.17, 15) is 13.2 Å². The topological polar surface area (TPSA) is 12.0 Å². The Bertz CT molecular complexity index is 561. The van der Waals surface area contributed by atoms with E-state index in [1.807, 2.05) is 0 Å². The fourth-order valence-corrected chi connectivity index (χ4v) is 3.34. The molecule has 19 heavy (non-hydrogen) atoms. The Morgan fingerprint density at radius 3 is 2.32 bits per heavy atom. The van der Waals surface area contributed by atoms with Gasteiger partial charge < -0.3 is 5.32 Å². The highest BCUT2D eigenvalue weighted by molar-refractivity contribution is 7.79. The first kappa shape index (κ1) is 14.3. The van der Waals surface area contributed by atoms with Gasteiger partial charge in [-0.15, -0.1) is 11.3 Å². The van der Waals surface area contributed by atoms with Crippen LogP contribution in [-0.4, -0.2) is 7.05 Å². The minimum Gasteiger partial charge on any atom is -0.387 e. The fourth-order valence-electron chi connectivity index (χ4n) is 1.93. The molecule has 1 heterocycles. The van der Waals surface area contributed by atoms with Crippen molar-refractivity contribution in [2.45, 2.75) is 11.9 Å². The summed E-state index contributed by atoms with van der Waals surface area (Å²) in [5.74, 6) is 0.275. The summed E-state index contributed by atoms with van der Waals surface area (Å²) in [4.78, 5) is 0.0177. The van der Waals surface area contributed by atoms with E-state index >= 15 is 0 Å². The summed E-state index contributed by atoms with van der Waals surface area (Å²) in [6.45, 7) is 0. The van der Waals surface area contributed by atoms with E-state index in [-0.39, 0.29) is 11.3 Å². The fraction of sp³-hybridized carbons (Fsp3) is 0.231. The molecule has 0 atom stereocenters. The van der Waals surface area contributed by atoms with Crippen LogP contribution in [0.5, 0.6) is 0 Å². The predicted octanol–water partition coefficient (Wildman–Crippen LogP) is 4.91. The molecule has 1 N–H and O–H groups in total. The number of hydrogen-bond acceptors (Lipinski definition) is 3. The molecule has 0 fully saturated rings. The van der Waals surface area contributed by atoms with Gasteiger partial charge in [-0.2, -0.15) is 25.8 Å². The van der Waals surface area contributed by atoms with Crippen molar-refractivity contribution in [2.24, 2.45) is 0 Å². The van der Waals surface area contributed by atoms with Gasteiger partial charge in [-0.25, -0.2) is 0 Å². The quantitative estimate of drug-likeness (QED) is 0.768. The normalized spacial score (nSPS) is 11.6. The van der Waals surface area contributed by atoms with Gasteiger partial charge in [0, 0.05) is 23.2 Å². The van der Waals surface area contributed by atoms with Gasteiger partial charge in [0.05, 0.1) is 5.69 Å². The van der Waals surface area contributed by atoms with Crippen LogP contribution in [0.3, 0.4) is 0 Å². The zero-order valence-electron chi connectivity index (χ0n) is 10.1. The number of hydrogen-bond donors (Lipinski definition) is 2. The summed E-state index contributed by atoms with van der Waals surface area (Å²) < 4.78 is 39.5. The third-order valence-corrected chi connectivity index (χ3v) is 4.46. The summed E-state index contributed by atoms with van der Waals surface area (Å²) in [6, 6.07) is 8.60. The summed E-state index contributed by atoms with van der Waals surface area (Å²) in [6.07, 6.45) is -4.36. The van der Waals surface area contributed by atoms with Crippen molar-refractivity contribution in [1.29, 1.82) is 0 Å². The van der Waals surface area contributed by atoms with Crippen molar-refractivity contribution in [2.75, 3.05) is 12.4 Å². The Balaban J connectivity index is 2.72. The Kier molecular flexibility index (Phi) is 4.10. The number of halogens is 3. The number of anilines is 1. The van der Waals surface area contributed by atoms with E-state index < -0.39 is 11.1 Å². The summed E-state index contributed by atoms with van der Waals surface area (Å²) in [5.41, 5.74) is 1.28. The Morgan fingerprint density at radius 2 is 1.84 bits per heavy atom. The van der Waals surface area contributed by atoms with Gasteiger partial charge in [0.15, 0.2) is 0 Å².